The van der Waals surface area contributed by atoms with E-state index >= 15 is 0 Å². The zero-order chi connectivity index (χ0) is 34.2. The first-order valence-electron chi connectivity index (χ1n) is 21.1. The largest absolute Gasteiger partial charge is 0.322 e. The van der Waals surface area contributed by atoms with E-state index in [2.05, 4.69) is 87.2 Å². The molecule has 0 bridgehead atoms. The van der Waals surface area contributed by atoms with Crippen LogP contribution >= 0.6 is 45.2 Å². The topological polar surface area (TPSA) is 0 Å². The van der Waals surface area contributed by atoms with Gasteiger partial charge in [-0.1, -0.05) is 194 Å². The summed E-state index contributed by atoms with van der Waals surface area (Å²) in [5, 5.41) is 0. The van der Waals surface area contributed by atoms with Gasteiger partial charge in [0.05, 0.1) is 41.3 Å². The average Bonchev–Trinajstić information content (AvgIpc) is 3.00. The fourth-order valence-electron chi connectivity index (χ4n) is 7.09. The SMILES string of the molecule is CCCCCCCCCCCCCCCCCC[N+](C)(C)CC(I)(I)[N+](C)(C)CCCCCCCCCCCCCCCCCC. The molecule has 0 aromatic heterocycles. The van der Waals surface area contributed by atoms with Crippen molar-refractivity contribution in [3.8, 4) is 0 Å². The van der Waals surface area contributed by atoms with Crippen molar-refractivity contribution in [3.05, 3.63) is 0 Å². The molecule has 0 aromatic rings. The Morgan fingerprint density at radius 1 is 0.326 bits per heavy atom. The van der Waals surface area contributed by atoms with Gasteiger partial charge in [0.1, 0.15) is 0 Å². The third-order valence-corrected chi connectivity index (χ3v) is 14.0. The van der Waals surface area contributed by atoms with Crippen LogP contribution in [0.25, 0.3) is 0 Å². The number of hydrogen-bond donors (Lipinski definition) is 0. The van der Waals surface area contributed by atoms with Crippen molar-refractivity contribution < 1.29 is 8.97 Å². The molecule has 0 aliphatic carbocycles. The Balaban J connectivity index is 3.76. The normalized spacial score (nSPS) is 12.8. The maximum absolute atomic E-state index is 2.79. The second-order valence-electron chi connectivity index (χ2n) is 16.5. The van der Waals surface area contributed by atoms with Gasteiger partial charge in [-0.2, -0.15) is 0 Å². The molecule has 0 spiro atoms. The molecular formula is C42H88I2N2+2. The quantitative estimate of drug-likeness (QED) is 0.0192. The summed E-state index contributed by atoms with van der Waals surface area (Å²) >= 11 is 5.59. The molecule has 0 amide bonds. The lowest BCUT2D eigenvalue weighted by Crippen LogP contribution is -2.61. The van der Waals surface area contributed by atoms with Crippen LogP contribution < -0.4 is 0 Å². The molecule has 0 aromatic carbocycles. The van der Waals surface area contributed by atoms with Crippen LogP contribution in [-0.2, 0) is 0 Å². The Morgan fingerprint density at radius 3 is 0.804 bits per heavy atom. The zero-order valence-corrected chi connectivity index (χ0v) is 37.2. The highest BCUT2D eigenvalue weighted by atomic mass is 127. The van der Waals surface area contributed by atoms with Crippen molar-refractivity contribution in [1.29, 1.82) is 0 Å². The van der Waals surface area contributed by atoms with Crippen LogP contribution in [0.1, 0.15) is 219 Å². The standard InChI is InChI=1S/C42H88I2N2/c1-7-9-11-13-15-17-19-21-23-25-27-29-31-33-35-37-39-45(3,4)41-42(43,44)46(5,6)40-38-36-34-32-30-28-26-24-22-20-18-16-14-12-10-8-2/h7-41H2,1-6H3/q+2. The predicted molar refractivity (Wildman–Crippen MR) is 229 cm³/mol. The first kappa shape index (κ1) is 47.4. The summed E-state index contributed by atoms with van der Waals surface area (Å²) in [7, 11) is 9.93. The molecule has 0 radical (unpaired) electrons. The Labute approximate surface area is 320 Å². The van der Waals surface area contributed by atoms with Gasteiger partial charge in [-0.3, -0.25) is 0 Å². The number of rotatable bonds is 37. The molecule has 0 saturated heterocycles. The summed E-state index contributed by atoms with van der Waals surface area (Å²) in [5.41, 5.74) is 0. The number of alkyl halides is 2. The summed E-state index contributed by atoms with van der Waals surface area (Å²) in [6.45, 7) is 8.50. The van der Waals surface area contributed by atoms with Gasteiger partial charge in [-0.15, -0.1) is 0 Å². The third-order valence-electron chi connectivity index (χ3n) is 10.7. The van der Waals surface area contributed by atoms with Gasteiger partial charge in [0.2, 0.25) is 1.55 Å². The molecule has 0 N–H and O–H groups in total. The van der Waals surface area contributed by atoms with Crippen molar-refractivity contribution in [2.75, 3.05) is 47.8 Å². The number of quaternary nitrogens is 2. The van der Waals surface area contributed by atoms with Crippen LogP contribution in [0.4, 0.5) is 0 Å². The van der Waals surface area contributed by atoms with Gasteiger partial charge in [0, 0.05) is 45.2 Å². The van der Waals surface area contributed by atoms with E-state index in [0.717, 1.165) is 8.97 Å². The summed E-state index contributed by atoms with van der Waals surface area (Å²) in [4.78, 5) is 0. The average molecular weight is 875 g/mol. The summed E-state index contributed by atoms with van der Waals surface area (Å²) < 4.78 is 2.54. The Hall–Kier alpha value is 1.38. The minimum absolute atomic E-state index is 0.254. The van der Waals surface area contributed by atoms with E-state index in [9.17, 15) is 0 Å². The molecule has 0 heterocycles. The van der Waals surface area contributed by atoms with Gasteiger partial charge < -0.3 is 8.97 Å². The first-order chi connectivity index (χ1) is 22.1. The molecule has 0 atom stereocenters. The molecule has 278 valence electrons. The van der Waals surface area contributed by atoms with Crippen LogP contribution in [-0.4, -0.2) is 58.3 Å². The minimum Gasteiger partial charge on any atom is -0.322 e. The summed E-state index contributed by atoms with van der Waals surface area (Å²) in [6, 6.07) is 0. The molecule has 0 unspecified atom stereocenters. The molecule has 46 heavy (non-hydrogen) atoms. The number of unbranched alkanes of at least 4 members (excludes halogenated alkanes) is 30. The number of likely N-dealkylation sites (N-methyl/N-ethyl adjacent to an activating group) is 2. The second kappa shape index (κ2) is 32.3. The Morgan fingerprint density at radius 2 is 0.543 bits per heavy atom. The lowest BCUT2D eigenvalue weighted by atomic mass is 10.0. The molecule has 0 rings (SSSR count). The lowest BCUT2D eigenvalue weighted by molar-refractivity contribution is -0.954. The van der Waals surface area contributed by atoms with Crippen LogP contribution in [0.5, 0.6) is 0 Å². The van der Waals surface area contributed by atoms with E-state index < -0.39 is 0 Å². The van der Waals surface area contributed by atoms with Crippen molar-refractivity contribution in [3.63, 3.8) is 0 Å². The third kappa shape index (κ3) is 30.2. The maximum atomic E-state index is 2.79. The highest BCUT2D eigenvalue weighted by Crippen LogP contribution is 2.38. The Bertz CT molecular complexity index is 619. The van der Waals surface area contributed by atoms with E-state index in [4.69, 9.17) is 0 Å². The van der Waals surface area contributed by atoms with Crippen molar-refractivity contribution in [1.82, 2.24) is 0 Å². The number of halogens is 2. The van der Waals surface area contributed by atoms with Gasteiger partial charge >= 0.3 is 0 Å². The van der Waals surface area contributed by atoms with Gasteiger partial charge in [-0.05, 0) is 25.7 Å². The fraction of sp³-hybridized carbons (Fsp3) is 1.00. The molecule has 0 aliphatic rings. The monoisotopic (exact) mass is 875 g/mol. The Kier molecular flexibility index (Phi) is 33.3. The van der Waals surface area contributed by atoms with Crippen molar-refractivity contribution >= 4 is 45.2 Å². The van der Waals surface area contributed by atoms with Crippen LogP contribution in [0.2, 0.25) is 0 Å². The summed E-state index contributed by atoms with van der Waals surface area (Å²) in [5.74, 6) is 0. The second-order valence-corrected chi connectivity index (χ2v) is 22.1. The highest BCUT2D eigenvalue weighted by molar-refractivity contribution is 14.2. The van der Waals surface area contributed by atoms with E-state index in [1.165, 1.54) is 225 Å². The van der Waals surface area contributed by atoms with E-state index in [-0.39, 0.29) is 1.55 Å². The molecule has 0 aliphatic heterocycles. The molecule has 2 nitrogen and oxygen atoms in total. The highest BCUT2D eigenvalue weighted by Gasteiger charge is 2.45. The van der Waals surface area contributed by atoms with Crippen LogP contribution in [0.15, 0.2) is 0 Å². The smallest absolute Gasteiger partial charge is 0.246 e. The van der Waals surface area contributed by atoms with Crippen LogP contribution in [0, 0.1) is 0 Å². The molecule has 4 heteroatoms. The summed E-state index contributed by atoms with van der Waals surface area (Å²) in [6.07, 6.45) is 46.4. The minimum atomic E-state index is 0.254. The van der Waals surface area contributed by atoms with Crippen molar-refractivity contribution in [2.45, 2.75) is 221 Å². The van der Waals surface area contributed by atoms with Gasteiger partial charge in [0.15, 0.2) is 6.54 Å². The number of nitrogens with zero attached hydrogens (tertiary/aromatic N) is 2. The van der Waals surface area contributed by atoms with Gasteiger partial charge in [0.25, 0.3) is 0 Å². The van der Waals surface area contributed by atoms with Gasteiger partial charge in [-0.25, -0.2) is 0 Å². The predicted octanol–water partition coefficient (Wildman–Crippen LogP) is 15.2. The maximum Gasteiger partial charge on any atom is 0.246 e. The van der Waals surface area contributed by atoms with Crippen molar-refractivity contribution in [2.24, 2.45) is 0 Å². The van der Waals surface area contributed by atoms with E-state index in [0.29, 0.717) is 0 Å². The number of hydrogen-bond acceptors (Lipinski definition) is 0. The molecule has 0 fully saturated rings. The van der Waals surface area contributed by atoms with E-state index in [1.807, 2.05) is 0 Å². The molecule has 0 saturated carbocycles. The first-order valence-corrected chi connectivity index (χ1v) is 23.3. The molecular weight excluding hydrogens is 786 g/mol. The lowest BCUT2D eigenvalue weighted by Gasteiger charge is -2.45. The fourth-order valence-corrected chi connectivity index (χ4v) is 9.42. The van der Waals surface area contributed by atoms with Crippen LogP contribution in [0.3, 0.4) is 0 Å². The van der Waals surface area contributed by atoms with E-state index in [1.54, 1.807) is 0 Å². The zero-order valence-electron chi connectivity index (χ0n) is 32.9.